The van der Waals surface area contributed by atoms with Crippen LogP contribution in [-0.2, 0) is 4.74 Å². The molecule has 0 aliphatic heterocycles. The Hall–Kier alpha value is -2.08. The molecule has 6 heteroatoms. The van der Waals surface area contributed by atoms with Gasteiger partial charge < -0.3 is 15.2 Å². The van der Waals surface area contributed by atoms with Gasteiger partial charge >= 0.3 is 12.0 Å². The lowest BCUT2D eigenvalue weighted by Crippen LogP contribution is -2.39. The fraction of sp³-hybridized carbons (Fsp3) is 0.467. The van der Waals surface area contributed by atoms with Gasteiger partial charge in [0.1, 0.15) is 0 Å². The fourth-order valence-electron chi connectivity index (χ4n) is 1.72. The van der Waals surface area contributed by atoms with E-state index in [9.17, 15) is 9.59 Å². The highest BCUT2D eigenvalue weighted by Crippen LogP contribution is 2.18. The number of anilines is 1. The van der Waals surface area contributed by atoms with Crippen LogP contribution in [0, 0.1) is 5.92 Å². The van der Waals surface area contributed by atoms with Crippen molar-refractivity contribution in [1.29, 1.82) is 0 Å². The molecule has 1 rings (SSSR count). The molecule has 0 saturated carbocycles. The quantitative estimate of drug-likeness (QED) is 0.756. The van der Waals surface area contributed by atoms with Crippen molar-refractivity contribution in [3.8, 4) is 0 Å². The number of benzene rings is 1. The van der Waals surface area contributed by atoms with E-state index in [-0.39, 0.29) is 11.6 Å². The first-order valence-electron chi connectivity index (χ1n) is 6.85. The number of aromatic carboxylic acids is 1. The minimum Gasteiger partial charge on any atom is -0.478 e. The minimum absolute atomic E-state index is 0.0891. The number of urea groups is 1. The van der Waals surface area contributed by atoms with Gasteiger partial charge in [0.15, 0.2) is 0 Å². The molecule has 2 N–H and O–H groups in total. The van der Waals surface area contributed by atoms with E-state index in [1.807, 2.05) is 0 Å². The third-order valence-corrected chi connectivity index (χ3v) is 2.77. The maximum absolute atomic E-state index is 12.0. The predicted molar refractivity (Wildman–Crippen MR) is 80.9 cm³/mol. The van der Waals surface area contributed by atoms with E-state index in [1.165, 1.54) is 18.0 Å². The highest BCUT2D eigenvalue weighted by atomic mass is 16.5. The summed E-state index contributed by atoms with van der Waals surface area (Å²) in [5.74, 6) is -0.615. The standard InChI is InChI=1S/C15H22N2O4/c1-11(2)10-21-9-8-16-15(20)17(3)13-7-5-4-6-12(13)14(18)19/h4-7,11H,8-10H2,1-3H3,(H,16,20)(H,18,19). The Morgan fingerprint density at radius 1 is 1.33 bits per heavy atom. The lowest BCUT2D eigenvalue weighted by atomic mass is 10.1. The van der Waals surface area contributed by atoms with Gasteiger partial charge in [-0.25, -0.2) is 9.59 Å². The van der Waals surface area contributed by atoms with Gasteiger partial charge in [-0.2, -0.15) is 0 Å². The second kappa shape index (κ2) is 8.26. The van der Waals surface area contributed by atoms with Gasteiger partial charge in [0.05, 0.1) is 17.9 Å². The molecular formula is C15H22N2O4. The lowest BCUT2D eigenvalue weighted by molar-refractivity contribution is 0.0697. The van der Waals surface area contributed by atoms with E-state index in [1.54, 1.807) is 18.2 Å². The molecule has 0 aliphatic rings. The molecule has 0 unspecified atom stereocenters. The van der Waals surface area contributed by atoms with Crippen molar-refractivity contribution in [1.82, 2.24) is 5.32 Å². The third kappa shape index (κ3) is 5.43. The number of hydrogen-bond acceptors (Lipinski definition) is 3. The van der Waals surface area contributed by atoms with Crippen molar-refractivity contribution >= 4 is 17.7 Å². The van der Waals surface area contributed by atoms with Crippen molar-refractivity contribution in [2.45, 2.75) is 13.8 Å². The molecule has 1 aromatic carbocycles. The Labute approximate surface area is 124 Å². The first-order chi connectivity index (χ1) is 9.93. The number of nitrogens with zero attached hydrogens (tertiary/aromatic N) is 1. The average molecular weight is 294 g/mol. The summed E-state index contributed by atoms with van der Waals surface area (Å²) in [5, 5.41) is 11.8. The van der Waals surface area contributed by atoms with Gasteiger partial charge in [0, 0.05) is 20.2 Å². The molecule has 0 bridgehead atoms. The average Bonchev–Trinajstić information content (AvgIpc) is 2.45. The number of carboxylic acids is 1. The number of hydrogen-bond donors (Lipinski definition) is 2. The minimum atomic E-state index is -1.06. The van der Waals surface area contributed by atoms with E-state index in [4.69, 9.17) is 9.84 Å². The molecule has 1 aromatic rings. The second-order valence-corrected chi connectivity index (χ2v) is 5.08. The van der Waals surface area contributed by atoms with Gasteiger partial charge in [0.2, 0.25) is 0 Å². The zero-order valence-corrected chi connectivity index (χ0v) is 12.6. The first kappa shape index (κ1) is 17.0. The van der Waals surface area contributed by atoms with Crippen molar-refractivity contribution in [2.24, 2.45) is 5.92 Å². The zero-order chi connectivity index (χ0) is 15.8. The van der Waals surface area contributed by atoms with Crippen molar-refractivity contribution in [3.63, 3.8) is 0 Å². The molecule has 116 valence electrons. The van der Waals surface area contributed by atoms with Crippen LogP contribution in [0.1, 0.15) is 24.2 Å². The summed E-state index contributed by atoms with van der Waals surface area (Å²) in [6, 6.07) is 6.01. The summed E-state index contributed by atoms with van der Waals surface area (Å²) in [4.78, 5) is 24.4. The third-order valence-electron chi connectivity index (χ3n) is 2.77. The monoisotopic (exact) mass is 294 g/mol. The Kier molecular flexibility index (Phi) is 6.68. The van der Waals surface area contributed by atoms with E-state index >= 15 is 0 Å². The predicted octanol–water partition coefficient (Wildman–Crippen LogP) is 2.20. The second-order valence-electron chi connectivity index (χ2n) is 5.08. The van der Waals surface area contributed by atoms with E-state index in [2.05, 4.69) is 19.2 Å². The Bertz CT molecular complexity index is 488. The summed E-state index contributed by atoms with van der Waals surface area (Å²) in [6.45, 7) is 5.56. The number of carbonyl (C=O) groups is 2. The van der Waals surface area contributed by atoms with Crippen LogP contribution >= 0.6 is 0 Å². The van der Waals surface area contributed by atoms with Gasteiger partial charge in [-0.15, -0.1) is 0 Å². The number of para-hydroxylation sites is 1. The molecule has 0 atom stereocenters. The van der Waals surface area contributed by atoms with Crippen molar-refractivity contribution in [3.05, 3.63) is 29.8 Å². The maximum Gasteiger partial charge on any atom is 0.337 e. The van der Waals surface area contributed by atoms with Crippen LogP contribution in [0.4, 0.5) is 10.5 Å². The van der Waals surface area contributed by atoms with E-state index < -0.39 is 5.97 Å². The molecule has 0 spiro atoms. The summed E-state index contributed by atoms with van der Waals surface area (Å²) < 4.78 is 5.37. The molecule has 0 heterocycles. The van der Waals surface area contributed by atoms with Crippen LogP contribution in [0.5, 0.6) is 0 Å². The molecule has 0 fully saturated rings. The van der Waals surface area contributed by atoms with Crippen LogP contribution in [0.3, 0.4) is 0 Å². The van der Waals surface area contributed by atoms with Gasteiger partial charge in [-0.3, -0.25) is 4.90 Å². The highest BCUT2D eigenvalue weighted by Gasteiger charge is 2.17. The number of carboxylic acid groups (broad SMARTS) is 1. The SMILES string of the molecule is CC(C)COCCNC(=O)N(C)c1ccccc1C(=O)O. The number of nitrogens with one attached hydrogen (secondary N) is 1. The smallest absolute Gasteiger partial charge is 0.337 e. The molecule has 0 aromatic heterocycles. The maximum atomic E-state index is 12.0. The van der Waals surface area contributed by atoms with Gasteiger partial charge in [-0.05, 0) is 18.1 Å². The molecule has 0 saturated heterocycles. The summed E-state index contributed by atoms with van der Waals surface area (Å²) in [5.41, 5.74) is 0.441. The number of carbonyl (C=O) groups excluding carboxylic acids is 1. The summed E-state index contributed by atoms with van der Waals surface area (Å²) >= 11 is 0. The Balaban J connectivity index is 2.53. The van der Waals surface area contributed by atoms with E-state index in [0.717, 1.165) is 0 Å². The van der Waals surface area contributed by atoms with Crippen molar-refractivity contribution < 1.29 is 19.4 Å². The molecule has 0 radical (unpaired) electrons. The van der Waals surface area contributed by atoms with Gasteiger partial charge in [-0.1, -0.05) is 26.0 Å². The number of amides is 2. The zero-order valence-electron chi connectivity index (χ0n) is 12.6. The van der Waals surface area contributed by atoms with Crippen LogP contribution in [0.2, 0.25) is 0 Å². The van der Waals surface area contributed by atoms with Crippen LogP contribution < -0.4 is 10.2 Å². The molecule has 6 nitrogen and oxygen atoms in total. The largest absolute Gasteiger partial charge is 0.478 e. The van der Waals surface area contributed by atoms with Crippen LogP contribution in [-0.4, -0.2) is 43.9 Å². The number of rotatable bonds is 7. The summed E-state index contributed by atoms with van der Waals surface area (Å²) in [6.07, 6.45) is 0. The molecular weight excluding hydrogens is 272 g/mol. The first-order valence-corrected chi connectivity index (χ1v) is 6.85. The van der Waals surface area contributed by atoms with Gasteiger partial charge in [0.25, 0.3) is 0 Å². The molecule has 21 heavy (non-hydrogen) atoms. The van der Waals surface area contributed by atoms with E-state index in [0.29, 0.717) is 31.4 Å². The van der Waals surface area contributed by atoms with Crippen LogP contribution in [0.25, 0.3) is 0 Å². The molecule has 0 aliphatic carbocycles. The summed E-state index contributed by atoms with van der Waals surface area (Å²) in [7, 11) is 1.53. The van der Waals surface area contributed by atoms with Crippen molar-refractivity contribution in [2.75, 3.05) is 31.7 Å². The Morgan fingerprint density at radius 3 is 2.62 bits per heavy atom. The molecule has 2 amide bonds. The fourth-order valence-corrected chi connectivity index (χ4v) is 1.72. The normalized spacial score (nSPS) is 10.5. The Morgan fingerprint density at radius 2 is 2.00 bits per heavy atom. The van der Waals surface area contributed by atoms with Crippen LogP contribution in [0.15, 0.2) is 24.3 Å². The number of ether oxygens (including phenoxy) is 1. The lowest BCUT2D eigenvalue weighted by Gasteiger charge is -2.20. The highest BCUT2D eigenvalue weighted by molar-refractivity contribution is 6.01. The topological polar surface area (TPSA) is 78.9 Å².